The fraction of sp³-hybridized carbons (Fsp3) is 0.375. The Morgan fingerprint density at radius 3 is 2.09 bits per heavy atom. The first-order valence-electron chi connectivity index (χ1n) is 3.47. The van der Waals surface area contributed by atoms with Crippen LogP contribution >= 0.6 is 0 Å². The number of nitrogens with two attached hydrogens (primary N) is 1. The summed E-state index contributed by atoms with van der Waals surface area (Å²) in [6.45, 7) is 3.88. The standard InChI is InChI=1S/C8H13N2O/c1-6-4-8(11-3)5-7(2)10(6)9/h4-5H,9H2,1-3H3/q+1. The van der Waals surface area contributed by atoms with E-state index < -0.39 is 0 Å². The lowest BCUT2D eigenvalue weighted by Gasteiger charge is -2.00. The quantitative estimate of drug-likeness (QED) is 0.466. The van der Waals surface area contributed by atoms with E-state index in [4.69, 9.17) is 10.6 Å². The van der Waals surface area contributed by atoms with Gasteiger partial charge in [0, 0.05) is 13.8 Å². The van der Waals surface area contributed by atoms with Crippen LogP contribution in [0.15, 0.2) is 12.1 Å². The highest BCUT2D eigenvalue weighted by molar-refractivity contribution is 5.22. The Bertz CT molecular complexity index is 248. The summed E-state index contributed by atoms with van der Waals surface area (Å²) >= 11 is 0. The molecule has 1 aromatic rings. The molecule has 0 spiro atoms. The van der Waals surface area contributed by atoms with Crippen molar-refractivity contribution >= 4 is 0 Å². The number of aryl methyl sites for hydroxylation is 2. The Kier molecular flexibility index (Phi) is 1.98. The number of hydrogen-bond acceptors (Lipinski definition) is 2. The van der Waals surface area contributed by atoms with E-state index in [1.54, 1.807) is 11.8 Å². The molecule has 11 heavy (non-hydrogen) atoms. The van der Waals surface area contributed by atoms with Gasteiger partial charge in [0.1, 0.15) is 5.75 Å². The molecule has 1 rings (SSSR count). The van der Waals surface area contributed by atoms with Gasteiger partial charge in [-0.1, -0.05) is 4.68 Å². The van der Waals surface area contributed by atoms with Gasteiger partial charge in [-0.3, -0.25) is 0 Å². The Hall–Kier alpha value is -1.25. The molecule has 3 heteroatoms. The van der Waals surface area contributed by atoms with E-state index in [1.807, 2.05) is 26.0 Å². The Balaban J connectivity index is 3.21. The van der Waals surface area contributed by atoms with Crippen LogP contribution in [0.5, 0.6) is 5.75 Å². The van der Waals surface area contributed by atoms with Crippen molar-refractivity contribution in [3.63, 3.8) is 0 Å². The zero-order valence-corrected chi connectivity index (χ0v) is 7.09. The molecule has 0 amide bonds. The highest BCUT2D eigenvalue weighted by atomic mass is 16.5. The predicted molar refractivity (Wildman–Crippen MR) is 42.8 cm³/mol. The van der Waals surface area contributed by atoms with Gasteiger partial charge in [0.25, 0.3) is 0 Å². The molecule has 0 atom stereocenters. The second kappa shape index (κ2) is 2.78. The van der Waals surface area contributed by atoms with E-state index in [2.05, 4.69) is 0 Å². The van der Waals surface area contributed by atoms with Crippen LogP contribution in [0.3, 0.4) is 0 Å². The van der Waals surface area contributed by atoms with Crippen molar-refractivity contribution in [2.75, 3.05) is 13.0 Å². The summed E-state index contributed by atoms with van der Waals surface area (Å²) in [7, 11) is 1.65. The van der Waals surface area contributed by atoms with Crippen molar-refractivity contribution in [1.82, 2.24) is 0 Å². The van der Waals surface area contributed by atoms with E-state index in [0.29, 0.717) is 0 Å². The molecule has 60 valence electrons. The minimum atomic E-state index is 0.849. The van der Waals surface area contributed by atoms with Gasteiger partial charge in [0.15, 0.2) is 0 Å². The van der Waals surface area contributed by atoms with Gasteiger partial charge in [0.2, 0.25) is 11.4 Å². The lowest BCUT2D eigenvalue weighted by Crippen LogP contribution is -2.49. The van der Waals surface area contributed by atoms with Crippen molar-refractivity contribution in [2.24, 2.45) is 0 Å². The van der Waals surface area contributed by atoms with Gasteiger partial charge in [-0.25, -0.2) is 5.84 Å². The third kappa shape index (κ3) is 1.42. The smallest absolute Gasteiger partial charge is 0.212 e. The molecule has 0 aliphatic carbocycles. The second-order valence-electron chi connectivity index (χ2n) is 2.55. The lowest BCUT2D eigenvalue weighted by molar-refractivity contribution is -0.651. The van der Waals surface area contributed by atoms with E-state index in [9.17, 15) is 0 Å². The van der Waals surface area contributed by atoms with Gasteiger partial charge in [-0.05, 0) is 0 Å². The van der Waals surface area contributed by atoms with Crippen molar-refractivity contribution < 1.29 is 9.41 Å². The number of hydrogen-bond donors (Lipinski definition) is 1. The van der Waals surface area contributed by atoms with Gasteiger partial charge in [0.05, 0.1) is 19.2 Å². The Morgan fingerprint density at radius 1 is 1.27 bits per heavy atom. The molecule has 0 aromatic carbocycles. The zero-order valence-electron chi connectivity index (χ0n) is 7.09. The van der Waals surface area contributed by atoms with Gasteiger partial charge in [-0.15, -0.1) is 0 Å². The number of nitrogen functional groups attached to an aromatic ring is 1. The lowest BCUT2D eigenvalue weighted by atomic mass is 10.3. The summed E-state index contributed by atoms with van der Waals surface area (Å²) < 4.78 is 6.69. The van der Waals surface area contributed by atoms with Crippen molar-refractivity contribution in [3.05, 3.63) is 23.5 Å². The van der Waals surface area contributed by atoms with E-state index in [0.717, 1.165) is 17.1 Å². The summed E-state index contributed by atoms with van der Waals surface area (Å²) in [6, 6.07) is 3.79. The maximum absolute atomic E-state index is 5.67. The summed E-state index contributed by atoms with van der Waals surface area (Å²) in [5.74, 6) is 6.52. The first-order valence-corrected chi connectivity index (χ1v) is 3.47. The van der Waals surface area contributed by atoms with Crippen LogP contribution < -0.4 is 15.3 Å². The van der Waals surface area contributed by atoms with Crippen LogP contribution in [0.4, 0.5) is 0 Å². The van der Waals surface area contributed by atoms with Crippen LogP contribution in [-0.4, -0.2) is 7.11 Å². The molecule has 0 aliphatic rings. The minimum Gasteiger partial charge on any atom is -0.496 e. The molecule has 0 aliphatic heterocycles. The van der Waals surface area contributed by atoms with E-state index in [-0.39, 0.29) is 0 Å². The minimum absolute atomic E-state index is 0.849. The van der Waals surface area contributed by atoms with E-state index in [1.165, 1.54) is 0 Å². The summed E-state index contributed by atoms with van der Waals surface area (Å²) in [6.07, 6.45) is 0. The van der Waals surface area contributed by atoms with Crippen LogP contribution in [0.1, 0.15) is 11.4 Å². The van der Waals surface area contributed by atoms with Crippen LogP contribution in [0.2, 0.25) is 0 Å². The van der Waals surface area contributed by atoms with E-state index >= 15 is 0 Å². The largest absolute Gasteiger partial charge is 0.496 e. The normalized spacial score (nSPS) is 9.73. The number of pyridine rings is 1. The molecule has 1 heterocycles. The Labute approximate surface area is 66.4 Å². The summed E-state index contributed by atoms with van der Waals surface area (Å²) in [5, 5.41) is 0. The molecule has 0 fully saturated rings. The monoisotopic (exact) mass is 153 g/mol. The molecule has 0 unspecified atom stereocenters. The first kappa shape index (κ1) is 7.85. The molecular formula is C8H13N2O+. The second-order valence-corrected chi connectivity index (χ2v) is 2.55. The molecule has 0 radical (unpaired) electrons. The van der Waals surface area contributed by atoms with Crippen molar-refractivity contribution in [3.8, 4) is 5.75 Å². The SMILES string of the molecule is COc1cc(C)[n+](N)c(C)c1. The van der Waals surface area contributed by atoms with Crippen molar-refractivity contribution in [2.45, 2.75) is 13.8 Å². The number of methoxy groups -OCH3 is 1. The van der Waals surface area contributed by atoms with Crippen LogP contribution in [0.25, 0.3) is 0 Å². The molecule has 1 aromatic heterocycles. The predicted octanol–water partition coefficient (Wildman–Crippen LogP) is 0.313. The molecule has 0 saturated heterocycles. The average molecular weight is 153 g/mol. The summed E-state index contributed by atoms with van der Waals surface area (Å²) in [4.78, 5) is 0. The molecule has 0 saturated carbocycles. The summed E-state index contributed by atoms with van der Waals surface area (Å²) in [5.41, 5.74) is 1.98. The number of aromatic nitrogens is 1. The van der Waals surface area contributed by atoms with Gasteiger partial charge < -0.3 is 4.74 Å². The maximum atomic E-state index is 5.67. The highest BCUT2D eigenvalue weighted by Gasteiger charge is 2.08. The molecule has 0 bridgehead atoms. The number of nitrogens with zero attached hydrogens (tertiary/aromatic N) is 1. The zero-order chi connectivity index (χ0) is 8.43. The first-order chi connectivity index (χ1) is 5.15. The third-order valence-corrected chi connectivity index (χ3v) is 1.70. The Morgan fingerprint density at radius 2 is 1.73 bits per heavy atom. The molecular weight excluding hydrogens is 140 g/mol. The van der Waals surface area contributed by atoms with Crippen LogP contribution in [-0.2, 0) is 0 Å². The van der Waals surface area contributed by atoms with Crippen LogP contribution in [0, 0.1) is 13.8 Å². The maximum Gasteiger partial charge on any atom is 0.212 e. The average Bonchev–Trinajstić information content (AvgIpc) is 1.99. The van der Waals surface area contributed by atoms with Gasteiger partial charge in [-0.2, -0.15) is 0 Å². The fourth-order valence-corrected chi connectivity index (χ4v) is 0.989. The highest BCUT2D eigenvalue weighted by Crippen LogP contribution is 2.09. The molecule has 3 nitrogen and oxygen atoms in total. The molecule has 2 N–H and O–H groups in total. The van der Waals surface area contributed by atoms with Crippen molar-refractivity contribution in [1.29, 1.82) is 0 Å². The number of ether oxygens (including phenoxy) is 1. The fourth-order valence-electron chi connectivity index (χ4n) is 0.989. The third-order valence-electron chi connectivity index (χ3n) is 1.70. The van der Waals surface area contributed by atoms with Gasteiger partial charge >= 0.3 is 0 Å². The topological polar surface area (TPSA) is 39.1 Å². The number of rotatable bonds is 1.